The smallest absolute Gasteiger partial charge is 0.355 e. The van der Waals surface area contributed by atoms with Crippen LogP contribution in [0.2, 0.25) is 0 Å². The van der Waals surface area contributed by atoms with E-state index in [4.69, 9.17) is 0 Å². The SMILES string of the molecule is Cn1nc(-c2ccc(S(=O)(=O)N[C@@H]3CCCCNC3=O)s2)cc1C(F)(F)F. The van der Waals surface area contributed by atoms with E-state index in [1.807, 2.05) is 0 Å². The maximum Gasteiger partial charge on any atom is 0.433 e. The molecule has 12 heteroatoms. The third-order valence-electron chi connectivity index (χ3n) is 4.10. The van der Waals surface area contributed by atoms with Crippen LogP contribution in [0.25, 0.3) is 10.6 Å². The Labute approximate surface area is 157 Å². The molecule has 0 radical (unpaired) electrons. The third kappa shape index (κ3) is 4.33. The van der Waals surface area contributed by atoms with E-state index in [9.17, 15) is 26.4 Å². The fraction of sp³-hybridized carbons (Fsp3) is 0.467. The van der Waals surface area contributed by atoms with Crippen molar-refractivity contribution in [3.05, 3.63) is 23.9 Å². The van der Waals surface area contributed by atoms with Crippen molar-refractivity contribution in [3.8, 4) is 10.6 Å². The zero-order valence-corrected chi connectivity index (χ0v) is 15.8. The largest absolute Gasteiger partial charge is 0.433 e. The molecular weight excluding hydrogens is 405 g/mol. The highest BCUT2D eigenvalue weighted by Gasteiger charge is 2.35. The molecule has 148 valence electrons. The van der Waals surface area contributed by atoms with Crippen LogP contribution in [-0.4, -0.2) is 36.7 Å². The summed E-state index contributed by atoms with van der Waals surface area (Å²) in [7, 11) is -2.81. The van der Waals surface area contributed by atoms with Crippen LogP contribution in [0.5, 0.6) is 0 Å². The monoisotopic (exact) mass is 422 g/mol. The predicted molar refractivity (Wildman–Crippen MR) is 92.5 cm³/mol. The first-order valence-electron chi connectivity index (χ1n) is 8.09. The van der Waals surface area contributed by atoms with Gasteiger partial charge in [-0.2, -0.15) is 23.0 Å². The quantitative estimate of drug-likeness (QED) is 0.789. The van der Waals surface area contributed by atoms with Gasteiger partial charge in [-0.3, -0.25) is 9.48 Å². The molecule has 0 aromatic carbocycles. The molecule has 0 aliphatic carbocycles. The van der Waals surface area contributed by atoms with Crippen molar-refractivity contribution < 1.29 is 26.4 Å². The summed E-state index contributed by atoms with van der Waals surface area (Å²) in [6.07, 6.45) is -2.69. The molecule has 3 rings (SSSR count). The fourth-order valence-corrected chi connectivity index (χ4v) is 5.26. The van der Waals surface area contributed by atoms with Crippen LogP contribution in [0.3, 0.4) is 0 Å². The number of halogens is 3. The van der Waals surface area contributed by atoms with Crippen molar-refractivity contribution in [2.75, 3.05) is 6.54 Å². The van der Waals surface area contributed by atoms with Gasteiger partial charge in [-0.1, -0.05) is 0 Å². The van der Waals surface area contributed by atoms with Gasteiger partial charge in [0.15, 0.2) is 0 Å². The van der Waals surface area contributed by atoms with Gasteiger partial charge in [-0.05, 0) is 37.5 Å². The third-order valence-corrected chi connectivity index (χ3v) is 7.17. The lowest BCUT2D eigenvalue weighted by Gasteiger charge is -2.14. The summed E-state index contributed by atoms with van der Waals surface area (Å²) in [5.74, 6) is -0.382. The Morgan fingerprint density at radius 2 is 2.07 bits per heavy atom. The van der Waals surface area contributed by atoms with Crippen LogP contribution in [0.1, 0.15) is 25.0 Å². The van der Waals surface area contributed by atoms with E-state index in [0.29, 0.717) is 24.1 Å². The number of nitrogens with one attached hydrogen (secondary N) is 2. The molecule has 1 aliphatic heterocycles. The maximum absolute atomic E-state index is 12.9. The fourth-order valence-electron chi connectivity index (χ4n) is 2.75. The second kappa shape index (κ2) is 7.24. The lowest BCUT2D eigenvalue weighted by molar-refractivity contribution is -0.143. The van der Waals surface area contributed by atoms with Gasteiger partial charge in [0.05, 0.1) is 4.88 Å². The number of thiophene rings is 1. The number of rotatable bonds is 4. The number of hydrogen-bond acceptors (Lipinski definition) is 5. The van der Waals surface area contributed by atoms with E-state index in [2.05, 4.69) is 15.1 Å². The molecule has 2 aromatic heterocycles. The Balaban J connectivity index is 1.83. The van der Waals surface area contributed by atoms with Crippen molar-refractivity contribution in [1.29, 1.82) is 0 Å². The van der Waals surface area contributed by atoms with Gasteiger partial charge in [-0.15, -0.1) is 11.3 Å². The molecule has 0 bridgehead atoms. The highest BCUT2D eigenvalue weighted by molar-refractivity contribution is 7.91. The van der Waals surface area contributed by atoms with Crippen LogP contribution in [-0.2, 0) is 28.0 Å². The number of carbonyl (C=O) groups excluding carboxylic acids is 1. The zero-order chi connectivity index (χ0) is 19.8. The zero-order valence-electron chi connectivity index (χ0n) is 14.2. The van der Waals surface area contributed by atoms with Gasteiger partial charge < -0.3 is 5.32 Å². The molecule has 1 fully saturated rings. The lowest BCUT2D eigenvalue weighted by atomic mass is 10.1. The molecule has 2 N–H and O–H groups in total. The van der Waals surface area contributed by atoms with Crippen LogP contribution in [0.15, 0.2) is 22.4 Å². The Hall–Kier alpha value is -1.92. The molecule has 0 saturated carbocycles. The van der Waals surface area contributed by atoms with Gasteiger partial charge in [0.2, 0.25) is 5.91 Å². The average molecular weight is 422 g/mol. The van der Waals surface area contributed by atoms with E-state index in [-0.39, 0.29) is 20.7 Å². The molecule has 0 spiro atoms. The second-order valence-electron chi connectivity index (χ2n) is 6.12. The van der Waals surface area contributed by atoms with Crippen molar-refractivity contribution in [2.24, 2.45) is 7.05 Å². The topological polar surface area (TPSA) is 93.1 Å². The van der Waals surface area contributed by atoms with E-state index in [0.717, 1.165) is 23.8 Å². The van der Waals surface area contributed by atoms with Gasteiger partial charge >= 0.3 is 6.18 Å². The molecular formula is C15H17F3N4O3S2. The Kier molecular flexibility index (Phi) is 5.32. The Morgan fingerprint density at radius 1 is 1.33 bits per heavy atom. The summed E-state index contributed by atoms with van der Waals surface area (Å²) in [5.41, 5.74) is -0.896. The van der Waals surface area contributed by atoms with Gasteiger partial charge in [0, 0.05) is 13.6 Å². The summed E-state index contributed by atoms with van der Waals surface area (Å²) in [4.78, 5) is 12.2. The number of alkyl halides is 3. The van der Waals surface area contributed by atoms with Crippen molar-refractivity contribution in [1.82, 2.24) is 19.8 Å². The first kappa shape index (κ1) is 19.8. The second-order valence-corrected chi connectivity index (χ2v) is 9.14. The van der Waals surface area contributed by atoms with Crippen molar-refractivity contribution in [2.45, 2.75) is 35.7 Å². The molecule has 27 heavy (non-hydrogen) atoms. The van der Waals surface area contributed by atoms with Crippen LogP contribution in [0.4, 0.5) is 13.2 Å². The number of carbonyl (C=O) groups is 1. The van der Waals surface area contributed by atoms with Gasteiger partial charge in [0.1, 0.15) is 21.6 Å². The summed E-state index contributed by atoms with van der Waals surface area (Å²) in [6.45, 7) is 0.501. The maximum atomic E-state index is 12.9. The highest BCUT2D eigenvalue weighted by atomic mass is 32.2. The van der Waals surface area contributed by atoms with Crippen LogP contribution >= 0.6 is 11.3 Å². The summed E-state index contributed by atoms with van der Waals surface area (Å²) in [5, 5.41) is 6.45. The minimum absolute atomic E-state index is 0.0310. The average Bonchev–Trinajstić information content (AvgIpc) is 3.15. The molecule has 1 atom stereocenters. The minimum atomic E-state index is -4.55. The lowest BCUT2D eigenvalue weighted by Crippen LogP contribution is -2.45. The highest BCUT2D eigenvalue weighted by Crippen LogP contribution is 2.35. The molecule has 1 saturated heterocycles. The normalized spacial score (nSPS) is 19.0. The first-order valence-corrected chi connectivity index (χ1v) is 10.4. The van der Waals surface area contributed by atoms with E-state index in [1.165, 1.54) is 19.2 Å². The van der Waals surface area contributed by atoms with Crippen molar-refractivity contribution >= 4 is 27.3 Å². The summed E-state index contributed by atoms with van der Waals surface area (Å²) in [6, 6.07) is 2.69. The minimum Gasteiger partial charge on any atom is -0.355 e. The number of nitrogens with zero attached hydrogens (tertiary/aromatic N) is 2. The van der Waals surface area contributed by atoms with E-state index < -0.39 is 27.9 Å². The molecule has 7 nitrogen and oxygen atoms in total. The number of sulfonamides is 1. The van der Waals surface area contributed by atoms with E-state index >= 15 is 0 Å². The molecule has 1 aliphatic rings. The first-order chi connectivity index (χ1) is 12.6. The number of aryl methyl sites for hydroxylation is 1. The van der Waals surface area contributed by atoms with Gasteiger partial charge in [0.25, 0.3) is 10.0 Å². The van der Waals surface area contributed by atoms with Crippen LogP contribution < -0.4 is 10.0 Å². The number of hydrogen-bond donors (Lipinski definition) is 2. The summed E-state index contributed by atoms with van der Waals surface area (Å²) < 4.78 is 66.8. The van der Waals surface area contributed by atoms with Crippen LogP contribution in [0, 0.1) is 0 Å². The van der Waals surface area contributed by atoms with Crippen molar-refractivity contribution in [3.63, 3.8) is 0 Å². The molecule has 2 aromatic rings. The number of aromatic nitrogens is 2. The molecule has 0 unspecified atom stereocenters. The molecule has 3 heterocycles. The Morgan fingerprint density at radius 3 is 2.74 bits per heavy atom. The molecule has 1 amide bonds. The van der Waals surface area contributed by atoms with E-state index in [1.54, 1.807) is 0 Å². The van der Waals surface area contributed by atoms with Gasteiger partial charge in [-0.25, -0.2) is 8.42 Å². The summed E-state index contributed by atoms with van der Waals surface area (Å²) >= 11 is 0.795. The standard InChI is InChI=1S/C15H17F3N4O3S2/c1-22-12(15(16,17)18)8-10(20-22)11-5-6-13(26-11)27(24,25)21-9-4-2-3-7-19-14(9)23/h5-6,8-9,21H,2-4,7H2,1H3,(H,19,23)/t9-/m1/s1. The number of amides is 1. The predicted octanol–water partition coefficient (Wildman–Crippen LogP) is 2.11. The Bertz CT molecular complexity index is 950.